The first-order chi connectivity index (χ1) is 6.66. The Morgan fingerprint density at radius 3 is 2.07 bits per heavy atom. The first kappa shape index (κ1) is 12.9. The third-order valence-electron chi connectivity index (χ3n) is 3.24. The molecule has 3 heteroatoms. The largest absolute Gasteiger partial charge is 0.293 e. The second kappa shape index (κ2) is 4.02. The summed E-state index contributed by atoms with van der Waals surface area (Å²) >= 11 is 4.89. The molecule has 0 saturated carbocycles. The van der Waals surface area contributed by atoms with Gasteiger partial charge in [0.05, 0.1) is 8.66 Å². The molecular weight excluding hydrogens is 272 g/mol. The van der Waals surface area contributed by atoms with Gasteiger partial charge in [0, 0.05) is 5.41 Å². The second-order valence-electron chi connectivity index (χ2n) is 5.31. The van der Waals surface area contributed by atoms with Crippen molar-refractivity contribution in [1.82, 2.24) is 0 Å². The van der Waals surface area contributed by atoms with Crippen LogP contribution in [-0.2, 0) is 0 Å². The minimum Gasteiger partial charge on any atom is -0.293 e. The van der Waals surface area contributed by atoms with Gasteiger partial charge in [-0.1, -0.05) is 34.6 Å². The predicted molar refractivity (Wildman–Crippen MR) is 69.6 cm³/mol. The van der Waals surface area contributed by atoms with Gasteiger partial charge in [0.1, 0.15) is 0 Å². The van der Waals surface area contributed by atoms with Crippen molar-refractivity contribution in [2.45, 2.75) is 34.6 Å². The third kappa shape index (κ3) is 2.51. The van der Waals surface area contributed by atoms with Crippen molar-refractivity contribution < 1.29 is 4.79 Å². The normalized spacial score (nSPS) is 12.9. The van der Waals surface area contributed by atoms with E-state index < -0.39 is 0 Å². The van der Waals surface area contributed by atoms with Crippen LogP contribution >= 0.6 is 27.3 Å². The van der Waals surface area contributed by atoms with Gasteiger partial charge in [-0.25, -0.2) is 0 Å². The molecule has 15 heavy (non-hydrogen) atoms. The number of carbonyl (C=O) groups is 1. The van der Waals surface area contributed by atoms with E-state index in [2.05, 4.69) is 36.7 Å². The summed E-state index contributed by atoms with van der Waals surface area (Å²) in [5.74, 6) is 0.228. The van der Waals surface area contributed by atoms with Gasteiger partial charge >= 0.3 is 0 Å². The van der Waals surface area contributed by atoms with Crippen LogP contribution in [0.1, 0.15) is 44.3 Å². The fourth-order valence-corrected chi connectivity index (χ4v) is 2.57. The van der Waals surface area contributed by atoms with E-state index in [-0.39, 0.29) is 16.6 Å². The Morgan fingerprint density at radius 2 is 1.73 bits per heavy atom. The highest BCUT2D eigenvalue weighted by Crippen LogP contribution is 2.41. The molecule has 0 unspecified atom stereocenters. The lowest BCUT2D eigenvalue weighted by atomic mass is 9.66. The number of carbonyl (C=O) groups excluding carboxylic acids is 1. The number of halogens is 1. The van der Waals surface area contributed by atoms with Crippen LogP contribution in [0, 0.1) is 10.8 Å². The lowest BCUT2D eigenvalue weighted by molar-refractivity contribution is 0.0630. The molecule has 0 N–H and O–H groups in total. The molecule has 0 fully saturated rings. The minimum atomic E-state index is -0.336. The van der Waals surface area contributed by atoms with Gasteiger partial charge in [0.2, 0.25) is 0 Å². The molecule has 0 aromatic carbocycles. The molecule has 0 aliphatic carbocycles. The van der Waals surface area contributed by atoms with Crippen molar-refractivity contribution in [2.24, 2.45) is 10.8 Å². The maximum atomic E-state index is 12.3. The number of ketones is 1. The van der Waals surface area contributed by atoms with Crippen molar-refractivity contribution in [3.8, 4) is 0 Å². The van der Waals surface area contributed by atoms with E-state index in [1.165, 1.54) is 11.3 Å². The molecule has 1 aromatic heterocycles. The summed E-state index contributed by atoms with van der Waals surface area (Å²) in [6.07, 6.45) is 0. The first-order valence-corrected chi connectivity index (χ1v) is 6.57. The van der Waals surface area contributed by atoms with E-state index in [4.69, 9.17) is 0 Å². The summed E-state index contributed by atoms with van der Waals surface area (Å²) in [5.41, 5.74) is -0.363. The van der Waals surface area contributed by atoms with E-state index in [0.717, 1.165) is 8.66 Å². The number of hydrogen-bond donors (Lipinski definition) is 0. The van der Waals surface area contributed by atoms with Gasteiger partial charge in [-0.15, -0.1) is 11.3 Å². The van der Waals surface area contributed by atoms with Crippen LogP contribution in [-0.4, -0.2) is 5.78 Å². The van der Waals surface area contributed by atoms with Crippen LogP contribution in [0.2, 0.25) is 0 Å². The molecule has 1 nitrogen and oxygen atoms in total. The molecule has 1 heterocycles. The van der Waals surface area contributed by atoms with Gasteiger partial charge in [-0.3, -0.25) is 4.79 Å². The first-order valence-electron chi connectivity index (χ1n) is 4.96. The van der Waals surface area contributed by atoms with Gasteiger partial charge in [0.25, 0.3) is 0 Å². The minimum absolute atomic E-state index is 0.0272. The summed E-state index contributed by atoms with van der Waals surface area (Å²) in [7, 11) is 0. The Balaban J connectivity index is 3.05. The molecule has 1 aromatic rings. The molecular formula is C12H17BrOS. The molecule has 0 aliphatic rings. The molecule has 0 bridgehead atoms. The second-order valence-corrected chi connectivity index (χ2v) is 7.77. The highest BCUT2D eigenvalue weighted by Gasteiger charge is 2.40. The van der Waals surface area contributed by atoms with E-state index in [1.54, 1.807) is 0 Å². The molecule has 0 aliphatic heterocycles. The smallest absolute Gasteiger partial charge is 0.178 e. The number of thiophene rings is 1. The topological polar surface area (TPSA) is 17.1 Å². The van der Waals surface area contributed by atoms with Gasteiger partial charge in [-0.05, 0) is 33.5 Å². The standard InChI is InChI=1S/C12H17BrOS/c1-11(2,3)12(4,5)10(14)8-6-7-9(13)15-8/h6-7H,1-5H3. The quantitative estimate of drug-likeness (QED) is 0.717. The third-order valence-corrected chi connectivity index (χ3v) is 4.86. The Bertz CT molecular complexity index is 371. The van der Waals surface area contributed by atoms with E-state index in [9.17, 15) is 4.79 Å². The summed E-state index contributed by atoms with van der Waals surface area (Å²) < 4.78 is 1.01. The Hall–Kier alpha value is -0.150. The Morgan fingerprint density at radius 1 is 1.20 bits per heavy atom. The van der Waals surface area contributed by atoms with Gasteiger partial charge in [-0.2, -0.15) is 0 Å². The zero-order chi connectivity index (χ0) is 11.9. The molecule has 84 valence electrons. The highest BCUT2D eigenvalue weighted by molar-refractivity contribution is 9.11. The van der Waals surface area contributed by atoms with Crippen LogP contribution in [0.5, 0.6) is 0 Å². The highest BCUT2D eigenvalue weighted by atomic mass is 79.9. The maximum Gasteiger partial charge on any atom is 0.178 e. The van der Waals surface area contributed by atoms with Crippen molar-refractivity contribution >= 4 is 33.0 Å². The molecule has 0 saturated heterocycles. The molecule has 0 spiro atoms. The molecule has 0 amide bonds. The van der Waals surface area contributed by atoms with Crippen LogP contribution in [0.3, 0.4) is 0 Å². The summed E-state index contributed by atoms with van der Waals surface area (Å²) in [5, 5.41) is 0. The van der Waals surface area contributed by atoms with E-state index in [0.29, 0.717) is 0 Å². The molecule has 0 radical (unpaired) electrons. The SMILES string of the molecule is CC(C)(C)C(C)(C)C(=O)c1ccc(Br)s1. The Kier molecular flexibility index (Phi) is 3.46. The average Bonchev–Trinajstić information content (AvgIpc) is 2.48. The number of rotatable bonds is 2. The zero-order valence-corrected chi connectivity index (χ0v) is 12.3. The Labute approximate surface area is 104 Å². The number of hydrogen-bond acceptors (Lipinski definition) is 2. The fourth-order valence-electron chi connectivity index (χ4n) is 1.08. The molecule has 0 atom stereocenters. The van der Waals surface area contributed by atoms with Gasteiger partial charge in [0.15, 0.2) is 5.78 Å². The van der Waals surface area contributed by atoms with Crippen molar-refractivity contribution in [2.75, 3.05) is 0 Å². The predicted octanol–water partition coefficient (Wildman–Crippen LogP) is 4.77. The molecule has 1 rings (SSSR count). The van der Waals surface area contributed by atoms with E-state index >= 15 is 0 Å². The van der Waals surface area contributed by atoms with Crippen LogP contribution in [0.4, 0.5) is 0 Å². The summed E-state index contributed by atoms with van der Waals surface area (Å²) in [6, 6.07) is 3.82. The lowest BCUT2D eigenvalue weighted by Crippen LogP contribution is -2.37. The van der Waals surface area contributed by atoms with Crippen LogP contribution < -0.4 is 0 Å². The van der Waals surface area contributed by atoms with Crippen molar-refractivity contribution in [3.63, 3.8) is 0 Å². The lowest BCUT2D eigenvalue weighted by Gasteiger charge is -2.36. The van der Waals surface area contributed by atoms with Crippen LogP contribution in [0.15, 0.2) is 15.9 Å². The monoisotopic (exact) mass is 288 g/mol. The zero-order valence-electron chi connectivity index (χ0n) is 9.85. The van der Waals surface area contributed by atoms with Gasteiger partial charge < -0.3 is 0 Å². The maximum absolute atomic E-state index is 12.3. The summed E-state index contributed by atoms with van der Waals surface area (Å²) in [6.45, 7) is 10.3. The van der Waals surface area contributed by atoms with Crippen LogP contribution in [0.25, 0.3) is 0 Å². The van der Waals surface area contributed by atoms with E-state index in [1.807, 2.05) is 26.0 Å². The summed E-state index contributed by atoms with van der Waals surface area (Å²) in [4.78, 5) is 13.2. The van der Waals surface area contributed by atoms with Crippen molar-refractivity contribution in [3.05, 3.63) is 20.8 Å². The average molecular weight is 289 g/mol. The fraction of sp³-hybridized carbons (Fsp3) is 0.583. The number of Topliss-reactive ketones (excluding diaryl/α,β-unsaturated/α-hetero) is 1. The van der Waals surface area contributed by atoms with Crippen molar-refractivity contribution in [1.29, 1.82) is 0 Å².